The molecule has 0 spiro atoms. The van der Waals surface area contributed by atoms with Crippen LogP contribution in [0.15, 0.2) is 29.8 Å². The van der Waals surface area contributed by atoms with E-state index < -0.39 is 6.10 Å². The molecule has 2 rings (SSSR count). The third kappa shape index (κ3) is 3.65. The Hall–Kier alpha value is -2.15. The Morgan fingerprint density at radius 3 is 2.89 bits per heavy atom. The summed E-state index contributed by atoms with van der Waals surface area (Å²) in [6.07, 6.45) is -0.643. The van der Waals surface area contributed by atoms with E-state index in [-0.39, 0.29) is 5.91 Å². The van der Waals surface area contributed by atoms with Crippen LogP contribution in [0.2, 0.25) is 0 Å². The molecular formula is C12H13N3O3S. The van der Waals surface area contributed by atoms with E-state index in [0.717, 1.165) is 0 Å². The summed E-state index contributed by atoms with van der Waals surface area (Å²) >= 11 is 1.25. The third-order valence-electron chi connectivity index (χ3n) is 2.31. The van der Waals surface area contributed by atoms with Crippen molar-refractivity contribution in [1.82, 2.24) is 10.2 Å². The van der Waals surface area contributed by atoms with Gasteiger partial charge in [-0.25, -0.2) is 0 Å². The van der Waals surface area contributed by atoms with Gasteiger partial charge in [0.05, 0.1) is 7.11 Å². The highest BCUT2D eigenvalue weighted by molar-refractivity contribution is 7.13. The number of ether oxygens (including phenoxy) is 2. The second-order valence-electron chi connectivity index (χ2n) is 3.67. The number of anilines is 1. The zero-order valence-corrected chi connectivity index (χ0v) is 11.3. The third-order valence-corrected chi connectivity index (χ3v) is 2.92. The summed E-state index contributed by atoms with van der Waals surface area (Å²) in [4.78, 5) is 11.8. The molecule has 1 amide bonds. The summed E-state index contributed by atoms with van der Waals surface area (Å²) in [5.41, 5.74) is 1.54. The molecule has 0 saturated heterocycles. The van der Waals surface area contributed by atoms with Crippen LogP contribution in [0, 0.1) is 0 Å². The number of nitrogens with zero attached hydrogens (tertiary/aromatic N) is 2. The van der Waals surface area contributed by atoms with Crippen molar-refractivity contribution in [1.29, 1.82) is 0 Å². The van der Waals surface area contributed by atoms with Crippen LogP contribution in [-0.4, -0.2) is 29.3 Å². The van der Waals surface area contributed by atoms with Crippen LogP contribution in [0.5, 0.6) is 11.5 Å². The summed E-state index contributed by atoms with van der Waals surface area (Å²) in [6, 6.07) is 7.08. The van der Waals surface area contributed by atoms with Crippen molar-refractivity contribution in [2.24, 2.45) is 0 Å². The van der Waals surface area contributed by atoms with Crippen LogP contribution >= 0.6 is 11.3 Å². The first-order valence-corrected chi connectivity index (χ1v) is 6.45. The second-order valence-corrected chi connectivity index (χ2v) is 4.51. The number of benzene rings is 1. The fourth-order valence-corrected chi connectivity index (χ4v) is 1.81. The lowest BCUT2D eigenvalue weighted by atomic mass is 10.3. The van der Waals surface area contributed by atoms with Gasteiger partial charge in [0.25, 0.3) is 5.91 Å². The lowest BCUT2D eigenvalue weighted by molar-refractivity contribution is -0.122. The van der Waals surface area contributed by atoms with Crippen molar-refractivity contribution in [3.63, 3.8) is 0 Å². The minimum atomic E-state index is -0.643. The van der Waals surface area contributed by atoms with Gasteiger partial charge in [0, 0.05) is 6.07 Å². The van der Waals surface area contributed by atoms with Crippen molar-refractivity contribution >= 4 is 22.4 Å². The van der Waals surface area contributed by atoms with Gasteiger partial charge in [-0.15, -0.1) is 10.2 Å². The van der Waals surface area contributed by atoms with Gasteiger partial charge in [-0.2, -0.15) is 0 Å². The molecule has 0 bridgehead atoms. The number of hydrogen-bond acceptors (Lipinski definition) is 6. The zero-order chi connectivity index (χ0) is 13.7. The molecule has 1 aromatic carbocycles. The number of hydrogen-bond donors (Lipinski definition) is 1. The minimum Gasteiger partial charge on any atom is -0.497 e. The molecule has 7 heteroatoms. The molecule has 0 aliphatic rings. The molecule has 2 aromatic rings. The van der Waals surface area contributed by atoms with Crippen LogP contribution < -0.4 is 14.8 Å². The summed E-state index contributed by atoms with van der Waals surface area (Å²) in [5.74, 6) is 0.966. The quantitative estimate of drug-likeness (QED) is 0.905. The van der Waals surface area contributed by atoms with Gasteiger partial charge in [0.1, 0.15) is 17.0 Å². The number of nitrogens with one attached hydrogen (secondary N) is 1. The van der Waals surface area contributed by atoms with Crippen LogP contribution in [0.3, 0.4) is 0 Å². The highest BCUT2D eigenvalue weighted by atomic mass is 32.1. The van der Waals surface area contributed by atoms with E-state index >= 15 is 0 Å². The fourth-order valence-electron chi connectivity index (χ4n) is 1.37. The summed E-state index contributed by atoms with van der Waals surface area (Å²) in [7, 11) is 1.57. The molecule has 1 N–H and O–H groups in total. The first kappa shape index (κ1) is 13.3. The summed E-state index contributed by atoms with van der Waals surface area (Å²) in [6.45, 7) is 1.66. The molecule has 100 valence electrons. The van der Waals surface area contributed by atoms with E-state index in [1.54, 1.807) is 43.8 Å². The van der Waals surface area contributed by atoms with Gasteiger partial charge in [-0.3, -0.25) is 10.1 Å². The number of carbonyl (C=O) groups excluding carboxylic acids is 1. The lowest BCUT2D eigenvalue weighted by Crippen LogP contribution is -2.30. The summed E-state index contributed by atoms with van der Waals surface area (Å²) in [5, 5.41) is 10.4. The van der Waals surface area contributed by atoms with Crippen molar-refractivity contribution in [2.75, 3.05) is 12.4 Å². The lowest BCUT2D eigenvalue weighted by Gasteiger charge is -2.14. The standard InChI is InChI=1S/C12H13N3O3S/c1-8(11(16)14-12-15-13-7-19-12)18-10-5-3-4-9(6-10)17-2/h3-8H,1-2H3,(H,14,15,16)/t8-/m0/s1. The van der Waals surface area contributed by atoms with E-state index in [4.69, 9.17) is 9.47 Å². The van der Waals surface area contributed by atoms with Crippen LogP contribution in [-0.2, 0) is 4.79 Å². The molecule has 0 radical (unpaired) electrons. The Balaban J connectivity index is 1.96. The Kier molecular flexibility index (Phi) is 4.30. The van der Waals surface area contributed by atoms with Gasteiger partial charge in [0.2, 0.25) is 5.13 Å². The minimum absolute atomic E-state index is 0.278. The predicted octanol–water partition coefficient (Wildman–Crippen LogP) is 1.95. The maximum Gasteiger partial charge on any atom is 0.266 e. The van der Waals surface area contributed by atoms with Crippen LogP contribution in [0.1, 0.15) is 6.92 Å². The van der Waals surface area contributed by atoms with E-state index in [2.05, 4.69) is 15.5 Å². The van der Waals surface area contributed by atoms with Crippen molar-refractivity contribution in [3.05, 3.63) is 29.8 Å². The first-order chi connectivity index (χ1) is 9.19. The topological polar surface area (TPSA) is 73.3 Å². The van der Waals surface area contributed by atoms with Gasteiger partial charge in [-0.05, 0) is 19.1 Å². The molecule has 1 aromatic heterocycles. The number of methoxy groups -OCH3 is 1. The maximum absolute atomic E-state index is 11.8. The van der Waals surface area contributed by atoms with Gasteiger partial charge < -0.3 is 9.47 Å². The number of aromatic nitrogens is 2. The van der Waals surface area contributed by atoms with Crippen molar-refractivity contribution in [3.8, 4) is 11.5 Å². The average molecular weight is 279 g/mol. The molecule has 1 heterocycles. The maximum atomic E-state index is 11.8. The largest absolute Gasteiger partial charge is 0.497 e. The van der Waals surface area contributed by atoms with E-state index in [1.807, 2.05) is 0 Å². The first-order valence-electron chi connectivity index (χ1n) is 5.57. The van der Waals surface area contributed by atoms with Crippen molar-refractivity contribution < 1.29 is 14.3 Å². The average Bonchev–Trinajstić information content (AvgIpc) is 2.91. The van der Waals surface area contributed by atoms with Crippen molar-refractivity contribution in [2.45, 2.75) is 13.0 Å². The monoisotopic (exact) mass is 279 g/mol. The smallest absolute Gasteiger partial charge is 0.266 e. The van der Waals surface area contributed by atoms with E-state index in [9.17, 15) is 4.79 Å². The Bertz CT molecular complexity index is 545. The number of amides is 1. The highest BCUT2D eigenvalue weighted by Gasteiger charge is 2.16. The van der Waals surface area contributed by atoms with Gasteiger partial charge >= 0.3 is 0 Å². The van der Waals surface area contributed by atoms with E-state index in [0.29, 0.717) is 16.6 Å². The molecule has 0 fully saturated rings. The van der Waals surface area contributed by atoms with E-state index in [1.165, 1.54) is 11.3 Å². The second kappa shape index (κ2) is 6.14. The van der Waals surface area contributed by atoms with Crippen LogP contribution in [0.25, 0.3) is 0 Å². The molecule has 1 atom stereocenters. The molecular weight excluding hydrogens is 266 g/mol. The summed E-state index contributed by atoms with van der Waals surface area (Å²) < 4.78 is 10.6. The molecule has 0 aliphatic carbocycles. The molecule has 0 unspecified atom stereocenters. The van der Waals surface area contributed by atoms with Gasteiger partial charge in [0.15, 0.2) is 6.10 Å². The molecule has 0 saturated carbocycles. The molecule has 6 nitrogen and oxygen atoms in total. The zero-order valence-electron chi connectivity index (χ0n) is 10.5. The Morgan fingerprint density at radius 1 is 1.42 bits per heavy atom. The fraction of sp³-hybridized carbons (Fsp3) is 0.250. The SMILES string of the molecule is COc1cccc(O[C@@H](C)C(=O)Nc2nncs2)c1. The van der Waals surface area contributed by atoms with Crippen LogP contribution in [0.4, 0.5) is 5.13 Å². The Morgan fingerprint density at radius 2 is 2.21 bits per heavy atom. The predicted molar refractivity (Wildman–Crippen MR) is 71.6 cm³/mol. The molecule has 19 heavy (non-hydrogen) atoms. The molecule has 0 aliphatic heterocycles. The number of rotatable bonds is 5. The highest BCUT2D eigenvalue weighted by Crippen LogP contribution is 2.20. The Labute approximate surface area is 114 Å². The van der Waals surface area contributed by atoms with Gasteiger partial charge in [-0.1, -0.05) is 17.4 Å². The normalized spacial score (nSPS) is 11.7. The number of carbonyl (C=O) groups is 1.